The van der Waals surface area contributed by atoms with Crippen molar-refractivity contribution in [3.8, 4) is 0 Å². The molecule has 1 heterocycles. The first kappa shape index (κ1) is 18.3. The highest BCUT2D eigenvalue weighted by atomic mass is 32.2. The molecular formula is C19H22N2O4S. The van der Waals surface area contributed by atoms with E-state index in [0.717, 1.165) is 11.3 Å². The molecule has 0 spiro atoms. The molecule has 0 amide bonds. The van der Waals surface area contributed by atoms with E-state index in [1.54, 1.807) is 18.2 Å². The molecule has 2 N–H and O–H groups in total. The van der Waals surface area contributed by atoms with Crippen molar-refractivity contribution in [3.05, 3.63) is 48.0 Å². The van der Waals surface area contributed by atoms with E-state index in [2.05, 4.69) is 5.32 Å². The third-order valence-corrected chi connectivity index (χ3v) is 6.27. The van der Waals surface area contributed by atoms with Crippen LogP contribution >= 0.6 is 0 Å². The van der Waals surface area contributed by atoms with Gasteiger partial charge in [0.1, 0.15) is 4.90 Å². The summed E-state index contributed by atoms with van der Waals surface area (Å²) in [5.74, 6) is -0.828. The summed E-state index contributed by atoms with van der Waals surface area (Å²) in [4.78, 5) is 10.9. The molecule has 0 saturated heterocycles. The number of para-hydroxylation sites is 2. The van der Waals surface area contributed by atoms with Gasteiger partial charge in [0, 0.05) is 13.0 Å². The van der Waals surface area contributed by atoms with E-state index < -0.39 is 16.0 Å². The normalized spacial score (nSPS) is 14.7. The summed E-state index contributed by atoms with van der Waals surface area (Å²) in [6.07, 6.45) is 1.91. The molecule has 1 aliphatic heterocycles. The van der Waals surface area contributed by atoms with Gasteiger partial charge in [-0.1, -0.05) is 24.6 Å². The highest BCUT2D eigenvalue weighted by Gasteiger charge is 2.31. The average Bonchev–Trinajstić information content (AvgIpc) is 2.66. The fourth-order valence-electron chi connectivity index (χ4n) is 3.11. The second-order valence-corrected chi connectivity index (χ2v) is 8.25. The van der Waals surface area contributed by atoms with Crippen LogP contribution in [0, 0.1) is 6.92 Å². The molecule has 0 radical (unpaired) electrons. The van der Waals surface area contributed by atoms with Gasteiger partial charge in [-0.15, -0.1) is 0 Å². The van der Waals surface area contributed by atoms with Crippen LogP contribution in [-0.2, 0) is 14.8 Å². The summed E-state index contributed by atoms with van der Waals surface area (Å²) in [6.45, 7) is 2.24. The van der Waals surface area contributed by atoms with Crippen molar-refractivity contribution in [3.63, 3.8) is 0 Å². The first-order chi connectivity index (χ1) is 12.4. The zero-order valence-electron chi connectivity index (χ0n) is 14.6. The lowest BCUT2D eigenvalue weighted by atomic mass is 10.2. The molecule has 0 aliphatic carbocycles. The largest absolute Gasteiger partial charge is 0.481 e. The number of anilines is 3. The van der Waals surface area contributed by atoms with Crippen molar-refractivity contribution in [1.29, 1.82) is 0 Å². The highest BCUT2D eigenvalue weighted by Crippen LogP contribution is 2.39. The number of unbranched alkanes of at least 4 members (excludes halogenated alkanes) is 2. The number of rotatable bonds is 6. The highest BCUT2D eigenvalue weighted by molar-refractivity contribution is 7.93. The van der Waals surface area contributed by atoms with Gasteiger partial charge in [-0.3, -0.25) is 9.10 Å². The Kier molecular flexibility index (Phi) is 5.18. The molecule has 0 saturated carbocycles. The quantitative estimate of drug-likeness (QED) is 0.749. The Morgan fingerprint density at radius 1 is 1.08 bits per heavy atom. The maximum absolute atomic E-state index is 13.3. The number of sulfonamides is 1. The summed E-state index contributed by atoms with van der Waals surface area (Å²) >= 11 is 0. The van der Waals surface area contributed by atoms with Gasteiger partial charge in [-0.2, -0.15) is 0 Å². The Bertz CT molecular complexity index is 925. The smallest absolute Gasteiger partial charge is 0.303 e. The molecule has 6 nitrogen and oxygen atoms in total. The fourth-order valence-corrected chi connectivity index (χ4v) is 4.76. The molecule has 0 bridgehead atoms. The summed E-state index contributed by atoms with van der Waals surface area (Å²) in [5, 5.41) is 12.0. The number of carboxylic acid groups (broad SMARTS) is 1. The number of aryl methyl sites for hydroxylation is 1. The maximum atomic E-state index is 13.3. The van der Waals surface area contributed by atoms with Crippen LogP contribution in [0.2, 0.25) is 0 Å². The van der Waals surface area contributed by atoms with Crippen LogP contribution in [-0.4, -0.2) is 26.0 Å². The van der Waals surface area contributed by atoms with E-state index >= 15 is 0 Å². The third kappa shape index (κ3) is 3.67. The standard InChI is InChI=1S/C19H22N2O4S/c1-14-10-11-18-16(13-14)20-15-7-4-5-8-17(15)21(26(18,24)25)12-6-2-3-9-19(22)23/h4-5,7-8,10-11,13,20H,2-3,6,9,12H2,1H3,(H,22,23). The molecule has 0 unspecified atom stereocenters. The van der Waals surface area contributed by atoms with Crippen LogP contribution < -0.4 is 9.62 Å². The molecule has 0 atom stereocenters. The zero-order chi connectivity index (χ0) is 18.7. The van der Waals surface area contributed by atoms with Crippen LogP contribution in [0.4, 0.5) is 17.1 Å². The number of nitrogens with one attached hydrogen (secondary N) is 1. The predicted molar refractivity (Wildman–Crippen MR) is 102 cm³/mol. The Morgan fingerprint density at radius 3 is 2.62 bits per heavy atom. The molecular weight excluding hydrogens is 352 g/mol. The van der Waals surface area contributed by atoms with E-state index in [0.29, 0.717) is 37.2 Å². The Morgan fingerprint density at radius 2 is 1.85 bits per heavy atom. The van der Waals surface area contributed by atoms with Crippen LogP contribution in [0.25, 0.3) is 0 Å². The van der Waals surface area contributed by atoms with E-state index in [-0.39, 0.29) is 11.3 Å². The van der Waals surface area contributed by atoms with E-state index in [4.69, 9.17) is 5.11 Å². The van der Waals surface area contributed by atoms with Gasteiger partial charge in [-0.05, 0) is 49.6 Å². The number of nitrogens with zero attached hydrogens (tertiary/aromatic N) is 1. The van der Waals surface area contributed by atoms with Gasteiger partial charge in [0.15, 0.2) is 0 Å². The van der Waals surface area contributed by atoms with Gasteiger partial charge in [0.05, 0.1) is 17.1 Å². The summed E-state index contributed by atoms with van der Waals surface area (Å²) in [5.41, 5.74) is 2.91. The van der Waals surface area contributed by atoms with Gasteiger partial charge in [0.2, 0.25) is 0 Å². The number of hydrogen-bond donors (Lipinski definition) is 2. The van der Waals surface area contributed by atoms with Crippen LogP contribution in [0.3, 0.4) is 0 Å². The van der Waals surface area contributed by atoms with Gasteiger partial charge >= 0.3 is 5.97 Å². The zero-order valence-corrected chi connectivity index (χ0v) is 15.4. The number of aliphatic carboxylic acids is 1. The number of benzene rings is 2. The summed E-state index contributed by atoms with van der Waals surface area (Å²) < 4.78 is 28.0. The molecule has 26 heavy (non-hydrogen) atoms. The Labute approximate surface area is 153 Å². The second-order valence-electron chi connectivity index (χ2n) is 6.42. The third-order valence-electron chi connectivity index (χ3n) is 4.40. The number of hydrogen-bond acceptors (Lipinski definition) is 4. The van der Waals surface area contributed by atoms with E-state index in [1.165, 1.54) is 4.31 Å². The Hall–Kier alpha value is -2.54. The molecule has 1 aliphatic rings. The number of carboxylic acids is 1. The van der Waals surface area contributed by atoms with Crippen LogP contribution in [0.5, 0.6) is 0 Å². The Balaban J connectivity index is 1.93. The topological polar surface area (TPSA) is 86.7 Å². The lowest BCUT2D eigenvalue weighted by molar-refractivity contribution is -0.137. The molecule has 0 aromatic heterocycles. The molecule has 0 fully saturated rings. The van der Waals surface area contributed by atoms with Crippen molar-refractivity contribution < 1.29 is 18.3 Å². The molecule has 7 heteroatoms. The molecule has 2 aromatic rings. The van der Waals surface area contributed by atoms with Crippen LogP contribution in [0.1, 0.15) is 31.2 Å². The monoisotopic (exact) mass is 374 g/mol. The SMILES string of the molecule is Cc1ccc2c(c1)Nc1ccccc1N(CCCCCC(=O)O)S2(=O)=O. The summed E-state index contributed by atoms with van der Waals surface area (Å²) in [6, 6.07) is 12.6. The van der Waals surface area contributed by atoms with E-state index in [1.807, 2.05) is 31.2 Å². The minimum absolute atomic E-state index is 0.104. The van der Waals surface area contributed by atoms with Gasteiger partial charge < -0.3 is 10.4 Å². The average molecular weight is 374 g/mol. The minimum atomic E-state index is -3.70. The van der Waals surface area contributed by atoms with Crippen molar-refractivity contribution in [2.24, 2.45) is 0 Å². The van der Waals surface area contributed by atoms with Gasteiger partial charge in [-0.25, -0.2) is 8.42 Å². The van der Waals surface area contributed by atoms with Gasteiger partial charge in [0.25, 0.3) is 10.0 Å². The first-order valence-electron chi connectivity index (χ1n) is 8.61. The lowest BCUT2D eigenvalue weighted by Crippen LogP contribution is -2.31. The first-order valence-corrected chi connectivity index (χ1v) is 10.0. The minimum Gasteiger partial charge on any atom is -0.481 e. The predicted octanol–water partition coefficient (Wildman–Crippen LogP) is 3.89. The number of carbonyl (C=O) groups is 1. The second kappa shape index (κ2) is 7.37. The van der Waals surface area contributed by atoms with Crippen molar-refractivity contribution >= 4 is 33.1 Å². The lowest BCUT2D eigenvalue weighted by Gasteiger charge is -2.24. The number of fused-ring (bicyclic) bond motifs is 2. The fraction of sp³-hybridized carbons (Fsp3) is 0.316. The van der Waals surface area contributed by atoms with E-state index in [9.17, 15) is 13.2 Å². The molecule has 138 valence electrons. The van der Waals surface area contributed by atoms with Crippen molar-refractivity contribution in [2.45, 2.75) is 37.5 Å². The maximum Gasteiger partial charge on any atom is 0.303 e. The molecule has 2 aromatic carbocycles. The molecule has 3 rings (SSSR count). The summed E-state index contributed by atoms with van der Waals surface area (Å²) in [7, 11) is -3.70. The van der Waals surface area contributed by atoms with Crippen molar-refractivity contribution in [2.75, 3.05) is 16.2 Å². The van der Waals surface area contributed by atoms with Crippen molar-refractivity contribution in [1.82, 2.24) is 0 Å². The van der Waals surface area contributed by atoms with Crippen LogP contribution in [0.15, 0.2) is 47.4 Å².